The summed E-state index contributed by atoms with van der Waals surface area (Å²) in [6.45, 7) is 0. The maximum Gasteiger partial charge on any atom is 0.143 e. The third kappa shape index (κ3) is 5.90. The van der Waals surface area contributed by atoms with E-state index in [-0.39, 0.29) is 0 Å². The predicted octanol–water partition coefficient (Wildman–Crippen LogP) is 16.8. The number of fused-ring (bicyclic) bond motifs is 8. The van der Waals surface area contributed by atoms with E-state index in [1.165, 1.54) is 22.3 Å². The molecule has 0 radical (unpaired) electrons. The van der Waals surface area contributed by atoms with E-state index in [2.05, 4.69) is 217 Å². The van der Waals surface area contributed by atoms with Crippen LogP contribution >= 0.6 is 0 Å². The van der Waals surface area contributed by atoms with Gasteiger partial charge in [-0.3, -0.25) is 0 Å². The van der Waals surface area contributed by atoms with Gasteiger partial charge in [-0.2, -0.15) is 0 Å². The highest BCUT2D eigenvalue weighted by atomic mass is 16.3. The lowest BCUT2D eigenvalue weighted by molar-refractivity contribution is 0.670. The molecule has 12 rings (SSSR count). The fourth-order valence-electron chi connectivity index (χ4n) is 9.20. The molecule has 0 aliphatic carbocycles. The fourth-order valence-corrected chi connectivity index (χ4v) is 9.20. The normalized spacial score (nSPS) is 11.6. The first-order chi connectivity index (χ1) is 30.2. The molecule has 0 unspecified atom stereocenters. The predicted molar refractivity (Wildman–Crippen MR) is 255 cm³/mol. The highest BCUT2D eigenvalue weighted by molar-refractivity contribution is 6.23. The fraction of sp³-hybridized carbons (Fsp3) is 0. The van der Waals surface area contributed by atoms with Gasteiger partial charge in [0, 0.05) is 49.6 Å². The van der Waals surface area contributed by atoms with Gasteiger partial charge in [-0.1, -0.05) is 170 Å². The van der Waals surface area contributed by atoms with Crippen molar-refractivity contribution in [3.8, 4) is 44.5 Å². The van der Waals surface area contributed by atoms with Crippen LogP contribution in [-0.2, 0) is 0 Å². The summed E-state index contributed by atoms with van der Waals surface area (Å²) in [5, 5.41) is 6.59. The minimum absolute atomic E-state index is 0.854. The van der Waals surface area contributed by atoms with Gasteiger partial charge >= 0.3 is 0 Å². The summed E-state index contributed by atoms with van der Waals surface area (Å²) in [7, 11) is 0. The van der Waals surface area contributed by atoms with Crippen molar-refractivity contribution in [2.45, 2.75) is 0 Å². The highest BCUT2D eigenvalue weighted by Gasteiger charge is 2.21. The molecule has 3 heteroatoms. The second-order valence-electron chi connectivity index (χ2n) is 15.6. The monoisotopic (exact) mass is 779 g/mol. The molecule has 0 fully saturated rings. The van der Waals surface area contributed by atoms with Crippen LogP contribution in [0.15, 0.2) is 233 Å². The number of furan rings is 2. The van der Waals surface area contributed by atoms with Crippen molar-refractivity contribution < 1.29 is 8.83 Å². The first-order valence-corrected chi connectivity index (χ1v) is 20.7. The molecule has 286 valence electrons. The molecule has 10 aromatic carbocycles. The number of hydrogen-bond acceptors (Lipinski definition) is 3. The zero-order valence-electron chi connectivity index (χ0n) is 33.1. The molecule has 0 aliphatic heterocycles. The average molecular weight is 780 g/mol. The Kier molecular flexibility index (Phi) is 8.17. The largest absolute Gasteiger partial charge is 0.455 e. The van der Waals surface area contributed by atoms with Gasteiger partial charge in [0.1, 0.15) is 22.3 Å². The summed E-state index contributed by atoms with van der Waals surface area (Å²) in [5.41, 5.74) is 15.9. The smallest absolute Gasteiger partial charge is 0.143 e. The van der Waals surface area contributed by atoms with Gasteiger partial charge < -0.3 is 13.7 Å². The Morgan fingerprint density at radius 1 is 0.262 bits per heavy atom. The van der Waals surface area contributed by atoms with E-state index >= 15 is 0 Å². The van der Waals surface area contributed by atoms with Crippen molar-refractivity contribution in [3.63, 3.8) is 0 Å². The lowest BCUT2D eigenvalue weighted by atomic mass is 9.92. The molecule has 61 heavy (non-hydrogen) atoms. The molecule has 0 N–H and O–H groups in total. The van der Waals surface area contributed by atoms with Crippen molar-refractivity contribution in [2.24, 2.45) is 0 Å². The zero-order chi connectivity index (χ0) is 40.3. The molecular formula is C58H37NO2. The van der Waals surface area contributed by atoms with Crippen LogP contribution in [0.25, 0.3) is 99.2 Å². The van der Waals surface area contributed by atoms with Crippen molar-refractivity contribution in [1.29, 1.82) is 0 Å². The number of para-hydroxylation sites is 2. The van der Waals surface area contributed by atoms with E-state index in [0.29, 0.717) is 0 Å². The van der Waals surface area contributed by atoms with Gasteiger partial charge in [0.25, 0.3) is 0 Å². The minimum atomic E-state index is 0.854. The first-order valence-electron chi connectivity index (χ1n) is 20.7. The summed E-state index contributed by atoms with van der Waals surface area (Å²) in [5.74, 6) is 0. The standard InChI is InChI=1S/C58H37NO2/c1-3-14-38(15-4-1)40-28-32-43(33-29-40)59(44-34-30-41(31-35-44)39-16-5-2-6-17-39)45-19-11-18-42(36-45)46-23-13-27-55-56(46)53-37-52(47-20-7-8-22-49(47)58(53)61-55)51-25-12-24-50-48-21-9-10-26-54(48)60-57(50)51/h1-37H. The topological polar surface area (TPSA) is 29.5 Å². The molecule has 0 saturated heterocycles. The van der Waals surface area contributed by atoms with E-state index in [9.17, 15) is 0 Å². The van der Waals surface area contributed by atoms with Gasteiger partial charge in [0.05, 0.1) is 0 Å². The van der Waals surface area contributed by atoms with Gasteiger partial charge in [0.2, 0.25) is 0 Å². The molecule has 0 amide bonds. The van der Waals surface area contributed by atoms with Crippen molar-refractivity contribution in [1.82, 2.24) is 0 Å². The van der Waals surface area contributed by atoms with Gasteiger partial charge in [-0.05, 0) is 98.9 Å². The van der Waals surface area contributed by atoms with Crippen LogP contribution in [0.3, 0.4) is 0 Å². The van der Waals surface area contributed by atoms with E-state index in [1.807, 2.05) is 12.1 Å². The second-order valence-corrected chi connectivity index (χ2v) is 15.6. The lowest BCUT2D eigenvalue weighted by Gasteiger charge is -2.26. The number of rotatable bonds is 7. The molecule has 2 heterocycles. The molecule has 0 atom stereocenters. The summed E-state index contributed by atoms with van der Waals surface area (Å²) >= 11 is 0. The quantitative estimate of drug-likeness (QED) is 0.161. The van der Waals surface area contributed by atoms with Crippen molar-refractivity contribution in [2.75, 3.05) is 4.90 Å². The molecule has 12 aromatic rings. The van der Waals surface area contributed by atoms with Gasteiger partial charge in [-0.15, -0.1) is 0 Å². The zero-order valence-corrected chi connectivity index (χ0v) is 33.1. The van der Waals surface area contributed by atoms with E-state index in [1.54, 1.807) is 0 Å². The molecule has 2 aromatic heterocycles. The van der Waals surface area contributed by atoms with Crippen LogP contribution < -0.4 is 4.90 Å². The average Bonchev–Trinajstić information content (AvgIpc) is 3.92. The minimum Gasteiger partial charge on any atom is -0.455 e. The van der Waals surface area contributed by atoms with E-state index in [0.717, 1.165) is 94.0 Å². The second kappa shape index (κ2) is 14.3. The summed E-state index contributed by atoms with van der Waals surface area (Å²) in [6, 6.07) is 79.8. The van der Waals surface area contributed by atoms with Gasteiger partial charge in [0.15, 0.2) is 0 Å². The van der Waals surface area contributed by atoms with E-state index < -0.39 is 0 Å². The van der Waals surface area contributed by atoms with E-state index in [4.69, 9.17) is 8.83 Å². The molecule has 0 aliphatic rings. The third-order valence-corrected chi connectivity index (χ3v) is 12.1. The van der Waals surface area contributed by atoms with Crippen LogP contribution in [0.2, 0.25) is 0 Å². The van der Waals surface area contributed by atoms with Gasteiger partial charge in [-0.25, -0.2) is 0 Å². The molecule has 0 saturated carbocycles. The molecular weight excluding hydrogens is 743 g/mol. The van der Waals surface area contributed by atoms with Crippen LogP contribution in [0.4, 0.5) is 17.1 Å². The molecule has 3 nitrogen and oxygen atoms in total. The summed E-state index contributed by atoms with van der Waals surface area (Å²) in [6.07, 6.45) is 0. The Labute approximate surface area is 353 Å². The first kappa shape index (κ1) is 34.9. The Morgan fingerprint density at radius 3 is 1.46 bits per heavy atom. The van der Waals surface area contributed by atoms with Crippen LogP contribution in [-0.4, -0.2) is 0 Å². The number of hydrogen-bond donors (Lipinski definition) is 0. The Balaban J connectivity index is 1.03. The number of nitrogens with zero attached hydrogens (tertiary/aromatic N) is 1. The third-order valence-electron chi connectivity index (χ3n) is 12.1. The number of anilines is 3. The maximum absolute atomic E-state index is 6.83. The number of benzene rings is 10. The van der Waals surface area contributed by atoms with Crippen LogP contribution in [0.1, 0.15) is 0 Å². The van der Waals surface area contributed by atoms with Crippen LogP contribution in [0, 0.1) is 0 Å². The lowest BCUT2D eigenvalue weighted by Crippen LogP contribution is -2.10. The van der Waals surface area contributed by atoms with Crippen molar-refractivity contribution in [3.05, 3.63) is 224 Å². The Bertz CT molecular complexity index is 3480. The molecule has 0 spiro atoms. The summed E-state index contributed by atoms with van der Waals surface area (Å²) in [4.78, 5) is 2.35. The highest BCUT2D eigenvalue weighted by Crippen LogP contribution is 2.46. The SMILES string of the molecule is c1ccc(-c2ccc(N(c3ccc(-c4ccccc4)cc3)c3cccc(-c4cccc5oc6c7ccccc7c(-c7cccc8c7oc7ccccc78)cc6c45)c3)cc2)cc1. The Morgan fingerprint density at radius 2 is 0.754 bits per heavy atom. The van der Waals surface area contributed by atoms with Crippen LogP contribution in [0.5, 0.6) is 0 Å². The maximum atomic E-state index is 6.83. The Hall–Kier alpha value is -8.14. The molecule has 0 bridgehead atoms. The van der Waals surface area contributed by atoms with Crippen molar-refractivity contribution >= 4 is 71.7 Å². The summed E-state index contributed by atoms with van der Waals surface area (Å²) < 4.78 is 13.4.